The van der Waals surface area contributed by atoms with Gasteiger partial charge in [0.05, 0.1) is 34.7 Å². The fraction of sp³-hybridized carbons (Fsp3) is 0.258. The third kappa shape index (κ3) is 6.91. The van der Waals surface area contributed by atoms with E-state index in [0.29, 0.717) is 18.0 Å². The van der Waals surface area contributed by atoms with E-state index in [4.69, 9.17) is 4.74 Å². The first-order valence-corrected chi connectivity index (χ1v) is 13.9. The third-order valence-electron chi connectivity index (χ3n) is 7.06. The quantitative estimate of drug-likeness (QED) is 0.205. The van der Waals surface area contributed by atoms with Crippen molar-refractivity contribution in [2.24, 2.45) is 0 Å². The summed E-state index contributed by atoms with van der Waals surface area (Å²) in [5, 5.41) is 8.38. The zero-order chi connectivity index (χ0) is 30.4. The van der Waals surface area contributed by atoms with E-state index < -0.39 is 17.6 Å². The van der Waals surface area contributed by atoms with Crippen molar-refractivity contribution in [1.82, 2.24) is 15.3 Å². The standard InChI is InChI=1S/C31H32F3N7O2/c1-3-40(29-10-6-7-13-36-29)14-15-41-16-17-43-27-18-21(11-12-26(27)41)38-28-19-25(23(20-37-28)31(32,33)34)39-24-9-5-4-8-22(24)30(42)35-2/h4-13,18-20H,3,14-17H2,1-2H3,(H,35,42)(H2,37,38,39). The number of hydrogen-bond donors (Lipinski definition) is 3. The summed E-state index contributed by atoms with van der Waals surface area (Å²) in [6, 6.07) is 19.1. The molecule has 3 N–H and O–H groups in total. The van der Waals surface area contributed by atoms with E-state index in [0.717, 1.165) is 43.9 Å². The molecule has 43 heavy (non-hydrogen) atoms. The highest BCUT2D eigenvalue weighted by molar-refractivity contribution is 6.00. The predicted molar refractivity (Wildman–Crippen MR) is 162 cm³/mol. The molecule has 0 fully saturated rings. The number of para-hydroxylation sites is 1. The van der Waals surface area contributed by atoms with Gasteiger partial charge in [-0.05, 0) is 43.3 Å². The number of carbonyl (C=O) groups excluding carboxylic acids is 1. The van der Waals surface area contributed by atoms with Crippen LogP contribution in [0, 0.1) is 0 Å². The van der Waals surface area contributed by atoms with Gasteiger partial charge in [-0.2, -0.15) is 13.2 Å². The Hall–Kier alpha value is -5.00. The van der Waals surface area contributed by atoms with E-state index in [-0.39, 0.29) is 22.8 Å². The Bertz CT molecular complexity index is 1570. The molecule has 4 aromatic rings. The third-order valence-corrected chi connectivity index (χ3v) is 7.06. The molecule has 1 amide bonds. The van der Waals surface area contributed by atoms with Crippen molar-refractivity contribution in [1.29, 1.82) is 0 Å². The van der Waals surface area contributed by atoms with Gasteiger partial charge in [0.2, 0.25) is 0 Å². The van der Waals surface area contributed by atoms with Gasteiger partial charge in [0.15, 0.2) is 0 Å². The van der Waals surface area contributed by atoms with Crippen molar-refractivity contribution in [2.45, 2.75) is 13.1 Å². The van der Waals surface area contributed by atoms with Crippen molar-refractivity contribution in [2.75, 3.05) is 60.3 Å². The smallest absolute Gasteiger partial charge is 0.419 e. The SMILES string of the molecule is CCN(CCN1CCOc2cc(Nc3cc(Nc4ccccc4C(=O)NC)c(C(F)(F)F)cn3)ccc21)c1ccccn1. The van der Waals surface area contributed by atoms with Crippen LogP contribution in [0.2, 0.25) is 0 Å². The topological polar surface area (TPSA) is 94.7 Å². The molecule has 1 aliphatic heterocycles. The second-order valence-corrected chi connectivity index (χ2v) is 9.77. The van der Waals surface area contributed by atoms with E-state index in [1.807, 2.05) is 36.4 Å². The molecule has 0 aliphatic carbocycles. The number of halogens is 3. The molecule has 0 radical (unpaired) electrons. The zero-order valence-corrected chi connectivity index (χ0v) is 23.8. The number of benzene rings is 2. The van der Waals surface area contributed by atoms with Crippen LogP contribution in [0.5, 0.6) is 5.75 Å². The molecule has 0 spiro atoms. The summed E-state index contributed by atoms with van der Waals surface area (Å²) in [5.41, 5.74) is 0.783. The molecule has 2 aromatic carbocycles. The fourth-order valence-corrected chi connectivity index (χ4v) is 4.87. The summed E-state index contributed by atoms with van der Waals surface area (Å²) < 4.78 is 47.6. The highest BCUT2D eigenvalue weighted by Crippen LogP contribution is 2.39. The second-order valence-electron chi connectivity index (χ2n) is 9.77. The molecule has 5 rings (SSSR count). The monoisotopic (exact) mass is 591 g/mol. The molecule has 1 aliphatic rings. The average Bonchev–Trinajstić information content (AvgIpc) is 3.01. The van der Waals surface area contributed by atoms with Gasteiger partial charge in [0.25, 0.3) is 5.91 Å². The van der Waals surface area contributed by atoms with E-state index >= 15 is 0 Å². The fourth-order valence-electron chi connectivity index (χ4n) is 4.87. The van der Waals surface area contributed by atoms with Crippen LogP contribution in [0.1, 0.15) is 22.8 Å². The number of amides is 1. The first-order chi connectivity index (χ1) is 20.8. The van der Waals surface area contributed by atoms with Gasteiger partial charge in [0, 0.05) is 56.9 Å². The summed E-state index contributed by atoms with van der Waals surface area (Å²) in [6.07, 6.45) is -2.11. The van der Waals surface area contributed by atoms with Gasteiger partial charge in [0.1, 0.15) is 24.0 Å². The molecule has 3 heterocycles. The lowest BCUT2D eigenvalue weighted by molar-refractivity contribution is -0.137. The minimum absolute atomic E-state index is 0.189. The number of carbonyl (C=O) groups is 1. The molecule has 0 saturated heterocycles. The number of aromatic nitrogens is 2. The number of rotatable bonds is 10. The number of fused-ring (bicyclic) bond motifs is 1. The number of ether oxygens (including phenoxy) is 1. The molecule has 12 heteroatoms. The van der Waals surface area contributed by atoms with Crippen LogP contribution in [-0.4, -0.2) is 55.7 Å². The Labute approximate surface area is 247 Å². The number of anilines is 6. The number of nitrogens with one attached hydrogen (secondary N) is 3. The van der Waals surface area contributed by atoms with Gasteiger partial charge in [-0.3, -0.25) is 4.79 Å². The van der Waals surface area contributed by atoms with Crippen LogP contribution >= 0.6 is 0 Å². The summed E-state index contributed by atoms with van der Waals surface area (Å²) in [5.74, 6) is 1.36. The van der Waals surface area contributed by atoms with Crippen LogP contribution in [0.4, 0.5) is 47.6 Å². The Morgan fingerprint density at radius 2 is 1.84 bits per heavy atom. The van der Waals surface area contributed by atoms with Crippen LogP contribution in [0.3, 0.4) is 0 Å². The first kappa shape index (κ1) is 29.5. The van der Waals surface area contributed by atoms with Crippen LogP contribution < -0.4 is 30.5 Å². The zero-order valence-electron chi connectivity index (χ0n) is 23.8. The van der Waals surface area contributed by atoms with Gasteiger partial charge >= 0.3 is 6.18 Å². The highest BCUT2D eigenvalue weighted by Gasteiger charge is 2.34. The summed E-state index contributed by atoms with van der Waals surface area (Å²) in [7, 11) is 1.46. The number of pyridine rings is 2. The largest absolute Gasteiger partial charge is 0.489 e. The van der Waals surface area contributed by atoms with Crippen molar-refractivity contribution in [3.05, 3.63) is 90.3 Å². The molecular formula is C31H32F3N7O2. The Morgan fingerprint density at radius 3 is 2.58 bits per heavy atom. The van der Waals surface area contributed by atoms with Gasteiger partial charge in [-0.25, -0.2) is 9.97 Å². The molecule has 0 unspecified atom stereocenters. The predicted octanol–water partition coefficient (Wildman–Crippen LogP) is 6.07. The Balaban J connectivity index is 1.35. The number of alkyl halides is 3. The number of likely N-dealkylation sites (N-methyl/N-ethyl adjacent to an activating group) is 1. The Kier molecular flexibility index (Phi) is 8.84. The van der Waals surface area contributed by atoms with E-state index in [9.17, 15) is 18.0 Å². The van der Waals surface area contributed by atoms with Crippen molar-refractivity contribution in [3.8, 4) is 5.75 Å². The summed E-state index contributed by atoms with van der Waals surface area (Å²) in [4.78, 5) is 25.2. The maximum absolute atomic E-state index is 13.9. The maximum Gasteiger partial charge on any atom is 0.419 e. The van der Waals surface area contributed by atoms with Crippen LogP contribution in [-0.2, 0) is 6.18 Å². The number of hydrogen-bond acceptors (Lipinski definition) is 8. The molecule has 0 saturated carbocycles. The van der Waals surface area contributed by atoms with E-state index in [1.54, 1.807) is 24.4 Å². The highest BCUT2D eigenvalue weighted by atomic mass is 19.4. The number of nitrogens with zero attached hydrogens (tertiary/aromatic N) is 4. The van der Waals surface area contributed by atoms with Gasteiger partial charge in [-0.15, -0.1) is 0 Å². The van der Waals surface area contributed by atoms with E-state index in [1.165, 1.54) is 19.2 Å². The average molecular weight is 592 g/mol. The van der Waals surface area contributed by atoms with Crippen molar-refractivity contribution < 1.29 is 22.7 Å². The lowest BCUT2D eigenvalue weighted by Gasteiger charge is -2.33. The van der Waals surface area contributed by atoms with Crippen LogP contribution in [0.15, 0.2) is 79.1 Å². The molecular weight excluding hydrogens is 559 g/mol. The van der Waals surface area contributed by atoms with Crippen molar-refractivity contribution >= 4 is 40.3 Å². The van der Waals surface area contributed by atoms with Crippen LogP contribution in [0.25, 0.3) is 0 Å². The minimum atomic E-state index is -4.66. The first-order valence-electron chi connectivity index (χ1n) is 13.9. The summed E-state index contributed by atoms with van der Waals surface area (Å²) >= 11 is 0. The normalized spacial score (nSPS) is 12.6. The summed E-state index contributed by atoms with van der Waals surface area (Å²) in [6.45, 7) is 5.69. The lowest BCUT2D eigenvalue weighted by atomic mass is 10.1. The molecule has 224 valence electrons. The Morgan fingerprint density at radius 1 is 1.02 bits per heavy atom. The molecule has 2 aromatic heterocycles. The molecule has 0 bridgehead atoms. The van der Waals surface area contributed by atoms with Crippen molar-refractivity contribution in [3.63, 3.8) is 0 Å². The maximum atomic E-state index is 13.9. The minimum Gasteiger partial charge on any atom is -0.489 e. The van der Waals surface area contributed by atoms with E-state index in [2.05, 4.69) is 42.6 Å². The van der Waals surface area contributed by atoms with Gasteiger partial charge in [-0.1, -0.05) is 18.2 Å². The lowest BCUT2D eigenvalue weighted by Crippen LogP contribution is -2.39. The molecule has 0 atom stereocenters. The second kappa shape index (κ2) is 12.9. The van der Waals surface area contributed by atoms with Gasteiger partial charge < -0.3 is 30.5 Å². The molecule has 9 nitrogen and oxygen atoms in total.